The normalized spacial score (nSPS) is 14.0. The summed E-state index contributed by atoms with van der Waals surface area (Å²) >= 11 is 0. The van der Waals surface area contributed by atoms with Crippen molar-refractivity contribution in [2.75, 3.05) is 40.9 Å². The van der Waals surface area contributed by atoms with E-state index in [2.05, 4.69) is 99.0 Å². The standard InChI is InChI=1S/C77H141N2O7P/c1-7-10-13-16-19-22-25-28-30-32-34-36-38-39-41-42-44-46-48-51-54-57-60-63-66-69-76(80)78-74(73-85-87(82,83)84-72-71-79(4,5)6)75(68-65-62-59-56-53-50-27-24-21-18-15-12-9-3)86-77(81)70-67-64-61-58-55-52-49-47-45-43-40-37-35-33-31-29-26-23-20-17-14-11-8-2/h11,14,20,23,28-31,35,37,43,45,65,68,74-75H,7-10,12-13,15-19,21-22,24-27,32-34,36,38-42,44,46-64,66-67,69-73H2,1-6H3,(H-,78,80,82,83)/b14-11-,23-20-,30-28+,31-29-,37-35-,45-43-,68-65+. The Hall–Kier alpha value is -2.81. The number of quaternary nitrogens is 1. The Balaban J connectivity index is 5.08. The van der Waals surface area contributed by atoms with Crippen LogP contribution in [0.5, 0.6) is 0 Å². The molecule has 0 aliphatic heterocycles. The van der Waals surface area contributed by atoms with Crippen molar-refractivity contribution in [3.05, 3.63) is 85.1 Å². The molecule has 0 saturated heterocycles. The Morgan fingerprint density at radius 3 is 1.11 bits per heavy atom. The van der Waals surface area contributed by atoms with Gasteiger partial charge in [0.2, 0.25) is 5.91 Å². The second-order valence-electron chi connectivity index (χ2n) is 26.1. The Morgan fingerprint density at radius 2 is 0.736 bits per heavy atom. The highest BCUT2D eigenvalue weighted by atomic mass is 31.2. The third kappa shape index (κ3) is 67.4. The molecule has 0 aliphatic carbocycles. The molecule has 9 nitrogen and oxygen atoms in total. The lowest BCUT2D eigenvalue weighted by Crippen LogP contribution is -2.47. The van der Waals surface area contributed by atoms with E-state index in [1.54, 1.807) is 0 Å². The molecule has 1 amide bonds. The number of unbranched alkanes of at least 4 members (excludes halogenated alkanes) is 39. The molecule has 0 rings (SSSR count). The van der Waals surface area contributed by atoms with E-state index >= 15 is 0 Å². The quantitative estimate of drug-likeness (QED) is 0.0212. The number of phosphoric ester groups is 1. The van der Waals surface area contributed by atoms with Gasteiger partial charge in [-0.2, -0.15) is 0 Å². The van der Waals surface area contributed by atoms with Gasteiger partial charge in [0, 0.05) is 12.8 Å². The van der Waals surface area contributed by atoms with Crippen LogP contribution in [0.4, 0.5) is 0 Å². The first-order valence-corrected chi connectivity index (χ1v) is 38.4. The molecule has 3 unspecified atom stereocenters. The molecular weight excluding hydrogens is 1100 g/mol. The number of rotatable bonds is 67. The van der Waals surface area contributed by atoms with E-state index in [-0.39, 0.29) is 24.9 Å². The van der Waals surface area contributed by atoms with Crippen LogP contribution in [0, 0.1) is 0 Å². The van der Waals surface area contributed by atoms with Gasteiger partial charge in [0.25, 0.3) is 7.82 Å². The number of phosphoric acid groups is 1. The van der Waals surface area contributed by atoms with Gasteiger partial charge >= 0.3 is 5.97 Å². The van der Waals surface area contributed by atoms with Crippen molar-refractivity contribution in [3.8, 4) is 0 Å². The van der Waals surface area contributed by atoms with Crippen LogP contribution in [-0.2, 0) is 27.9 Å². The zero-order chi connectivity index (χ0) is 63.5. The second-order valence-corrected chi connectivity index (χ2v) is 27.5. The maximum atomic E-state index is 13.6. The van der Waals surface area contributed by atoms with Gasteiger partial charge in [0.15, 0.2) is 0 Å². The summed E-state index contributed by atoms with van der Waals surface area (Å²) in [5.74, 6) is -0.544. The summed E-state index contributed by atoms with van der Waals surface area (Å²) in [6.07, 6.45) is 88.5. The average molecular weight is 1240 g/mol. The molecule has 0 bridgehead atoms. The molecule has 0 radical (unpaired) electrons. The van der Waals surface area contributed by atoms with Crippen LogP contribution in [0.2, 0.25) is 0 Å². The van der Waals surface area contributed by atoms with Gasteiger partial charge in [0.1, 0.15) is 19.3 Å². The third-order valence-corrected chi connectivity index (χ3v) is 17.3. The molecule has 0 aromatic heterocycles. The number of nitrogens with one attached hydrogen (secondary N) is 1. The van der Waals surface area contributed by atoms with E-state index in [0.29, 0.717) is 17.4 Å². The Labute approximate surface area is 539 Å². The molecule has 506 valence electrons. The fourth-order valence-corrected chi connectivity index (χ4v) is 11.4. The maximum absolute atomic E-state index is 13.6. The summed E-state index contributed by atoms with van der Waals surface area (Å²) in [7, 11) is 1.18. The molecule has 87 heavy (non-hydrogen) atoms. The average Bonchev–Trinajstić information content (AvgIpc) is 3.70. The molecular formula is C77H141N2O7P. The largest absolute Gasteiger partial charge is 0.756 e. The number of esters is 1. The van der Waals surface area contributed by atoms with Crippen LogP contribution in [0.15, 0.2) is 85.1 Å². The summed E-state index contributed by atoms with van der Waals surface area (Å²) in [6, 6.07) is -0.897. The van der Waals surface area contributed by atoms with Gasteiger partial charge in [-0.25, -0.2) is 0 Å². The van der Waals surface area contributed by atoms with Crippen LogP contribution < -0.4 is 10.2 Å². The number of hydrogen-bond donors (Lipinski definition) is 1. The van der Waals surface area contributed by atoms with Crippen molar-refractivity contribution < 1.29 is 37.3 Å². The monoisotopic (exact) mass is 1240 g/mol. The summed E-state index contributed by atoms with van der Waals surface area (Å²) < 4.78 is 30.5. The van der Waals surface area contributed by atoms with E-state index in [1.165, 1.54) is 205 Å². The van der Waals surface area contributed by atoms with Gasteiger partial charge < -0.3 is 28.5 Å². The first kappa shape index (κ1) is 84.2. The third-order valence-electron chi connectivity index (χ3n) is 16.3. The Bertz CT molecular complexity index is 1760. The predicted octanol–water partition coefficient (Wildman–Crippen LogP) is 23.0. The maximum Gasteiger partial charge on any atom is 0.306 e. The zero-order valence-corrected chi connectivity index (χ0v) is 58.9. The molecule has 10 heteroatoms. The van der Waals surface area contributed by atoms with E-state index in [1.807, 2.05) is 33.3 Å². The second kappa shape index (κ2) is 66.1. The summed E-state index contributed by atoms with van der Waals surface area (Å²) in [4.78, 5) is 40.3. The van der Waals surface area contributed by atoms with E-state index in [9.17, 15) is 19.0 Å². The zero-order valence-electron chi connectivity index (χ0n) is 58.0. The predicted molar refractivity (Wildman–Crippen MR) is 376 cm³/mol. The van der Waals surface area contributed by atoms with Crippen molar-refractivity contribution in [1.29, 1.82) is 0 Å². The van der Waals surface area contributed by atoms with Gasteiger partial charge in [-0.3, -0.25) is 14.2 Å². The fraction of sp³-hybridized carbons (Fsp3) is 0.792. The number of likely N-dealkylation sites (N-methyl/N-ethyl adjacent to an activating group) is 1. The molecule has 0 heterocycles. The summed E-state index contributed by atoms with van der Waals surface area (Å²) in [6.45, 7) is 6.76. The molecule has 0 saturated carbocycles. The van der Waals surface area contributed by atoms with Crippen LogP contribution in [-0.4, -0.2) is 69.4 Å². The summed E-state index contributed by atoms with van der Waals surface area (Å²) in [5, 5.41) is 3.05. The molecule has 0 aromatic carbocycles. The molecule has 0 aliphatic rings. The van der Waals surface area contributed by atoms with Gasteiger partial charge in [-0.1, -0.05) is 312 Å². The highest BCUT2D eigenvalue weighted by molar-refractivity contribution is 7.45. The van der Waals surface area contributed by atoms with Crippen LogP contribution in [0.1, 0.15) is 342 Å². The van der Waals surface area contributed by atoms with Crippen LogP contribution in [0.3, 0.4) is 0 Å². The SMILES string of the molecule is CC/C=C\C/C=C\C/C=C\C/C=C\C/C=C\CCCCCCCCCC(=O)OC(/C=C/CCCCCCCCCCCCC)C(COP(=O)([O-])OCC[N+](C)(C)C)NC(=O)CCCCCCCCCCCCCCCCC/C=C/CCCCCCCC. The minimum atomic E-state index is -4.71. The van der Waals surface area contributed by atoms with E-state index in [4.69, 9.17) is 13.8 Å². The number of ether oxygens (including phenoxy) is 1. The fourth-order valence-electron chi connectivity index (χ4n) is 10.7. The van der Waals surface area contributed by atoms with Gasteiger partial charge in [0.05, 0.1) is 33.8 Å². The highest BCUT2D eigenvalue weighted by Crippen LogP contribution is 2.38. The Kier molecular flexibility index (Phi) is 64.0. The van der Waals surface area contributed by atoms with Crippen molar-refractivity contribution in [2.45, 2.75) is 354 Å². The minimum absolute atomic E-state index is 0.0260. The van der Waals surface area contributed by atoms with Crippen molar-refractivity contribution in [1.82, 2.24) is 5.32 Å². The lowest BCUT2D eigenvalue weighted by molar-refractivity contribution is -0.870. The van der Waals surface area contributed by atoms with Gasteiger partial charge in [-0.05, 0) is 102 Å². The smallest absolute Gasteiger partial charge is 0.306 e. The van der Waals surface area contributed by atoms with Crippen LogP contribution >= 0.6 is 7.82 Å². The van der Waals surface area contributed by atoms with Crippen molar-refractivity contribution >= 4 is 19.7 Å². The lowest BCUT2D eigenvalue weighted by atomic mass is 10.0. The first-order valence-electron chi connectivity index (χ1n) is 36.9. The number of carbonyl (C=O) groups excluding carboxylic acids is 2. The molecule has 0 fully saturated rings. The molecule has 0 aromatic rings. The first-order chi connectivity index (χ1) is 42.4. The summed E-state index contributed by atoms with van der Waals surface area (Å²) in [5.41, 5.74) is 0. The molecule has 0 spiro atoms. The minimum Gasteiger partial charge on any atom is -0.756 e. The Morgan fingerprint density at radius 1 is 0.414 bits per heavy atom. The van der Waals surface area contributed by atoms with Crippen LogP contribution in [0.25, 0.3) is 0 Å². The number of amides is 1. The van der Waals surface area contributed by atoms with E-state index in [0.717, 1.165) is 103 Å². The topological polar surface area (TPSA) is 114 Å². The number of carbonyl (C=O) groups is 2. The lowest BCUT2D eigenvalue weighted by Gasteiger charge is -2.30. The number of allylic oxidation sites excluding steroid dienone is 13. The number of nitrogens with zero attached hydrogens (tertiary/aromatic N) is 1. The highest BCUT2D eigenvalue weighted by Gasteiger charge is 2.27. The van der Waals surface area contributed by atoms with Gasteiger partial charge in [-0.15, -0.1) is 0 Å². The molecule has 3 atom stereocenters. The number of hydrogen-bond acceptors (Lipinski definition) is 7. The molecule has 1 N–H and O–H groups in total. The van der Waals surface area contributed by atoms with Crippen molar-refractivity contribution in [3.63, 3.8) is 0 Å². The van der Waals surface area contributed by atoms with E-state index < -0.39 is 26.6 Å². The van der Waals surface area contributed by atoms with Crippen molar-refractivity contribution in [2.24, 2.45) is 0 Å².